The Morgan fingerprint density at radius 3 is 2.53 bits per heavy atom. The Labute approximate surface area is 95.2 Å². The van der Waals surface area contributed by atoms with Crippen LogP contribution in [0, 0.1) is 0 Å². The summed E-state index contributed by atoms with van der Waals surface area (Å²) in [7, 11) is 0. The molecule has 0 heterocycles. The molecule has 0 radical (unpaired) electrons. The summed E-state index contributed by atoms with van der Waals surface area (Å²) < 4.78 is 5.49. The molecule has 0 bridgehead atoms. The highest BCUT2D eigenvalue weighted by Crippen LogP contribution is 2.17. The number of Topliss-reactive ketones (excluding diaryl/α,β-unsaturated/α-hetero) is 1. The van der Waals surface area contributed by atoms with E-state index in [0.29, 0.717) is 11.3 Å². The molecule has 0 amide bonds. The van der Waals surface area contributed by atoms with Gasteiger partial charge in [0.1, 0.15) is 5.75 Å². The van der Waals surface area contributed by atoms with Gasteiger partial charge in [-0.2, -0.15) is 0 Å². The molecule has 0 fully saturated rings. The van der Waals surface area contributed by atoms with Gasteiger partial charge in [-0.3, -0.25) is 4.79 Å². The first-order valence-electron chi connectivity index (χ1n) is 4.95. The lowest BCUT2D eigenvalue weighted by Crippen LogP contribution is -2.11. The van der Waals surface area contributed by atoms with Crippen LogP contribution in [-0.4, -0.2) is 17.3 Å². The van der Waals surface area contributed by atoms with Crippen LogP contribution in [0.4, 0.5) is 0 Å². The molecule has 0 spiro atoms. The second kappa shape index (κ2) is 5.17. The van der Waals surface area contributed by atoms with Crippen LogP contribution < -0.4 is 4.74 Å². The van der Waals surface area contributed by atoms with E-state index in [1.807, 2.05) is 19.9 Å². The van der Waals surface area contributed by atoms with Crippen LogP contribution in [0.2, 0.25) is 0 Å². The average molecular weight is 227 g/mol. The zero-order valence-corrected chi connectivity index (χ0v) is 9.91. The number of halogens is 1. The number of carbonyl (C=O) groups excluding carboxylic acids is 1. The van der Waals surface area contributed by atoms with Crippen LogP contribution >= 0.6 is 11.6 Å². The molecule has 0 aromatic heterocycles. The molecule has 15 heavy (non-hydrogen) atoms. The van der Waals surface area contributed by atoms with Crippen LogP contribution in [0.1, 0.15) is 31.1 Å². The third-order valence-corrected chi connectivity index (χ3v) is 2.05. The van der Waals surface area contributed by atoms with E-state index in [4.69, 9.17) is 16.3 Å². The number of carbonyl (C=O) groups is 1. The van der Waals surface area contributed by atoms with Crippen molar-refractivity contribution in [2.24, 2.45) is 0 Å². The molecule has 1 rings (SSSR count). The summed E-state index contributed by atoms with van der Waals surface area (Å²) in [5.74, 6) is 0.624. The first-order chi connectivity index (χ1) is 7.00. The van der Waals surface area contributed by atoms with E-state index < -0.39 is 5.38 Å². The number of hydrogen-bond donors (Lipinski definition) is 0. The van der Waals surface area contributed by atoms with Crippen molar-refractivity contribution in [3.05, 3.63) is 29.8 Å². The lowest BCUT2D eigenvalue weighted by atomic mass is 10.1. The van der Waals surface area contributed by atoms with E-state index in [-0.39, 0.29) is 11.9 Å². The van der Waals surface area contributed by atoms with Crippen molar-refractivity contribution < 1.29 is 9.53 Å². The molecule has 2 nitrogen and oxygen atoms in total. The fourth-order valence-electron chi connectivity index (χ4n) is 1.22. The van der Waals surface area contributed by atoms with Gasteiger partial charge in [-0.15, -0.1) is 11.6 Å². The Balaban J connectivity index is 2.87. The summed E-state index contributed by atoms with van der Waals surface area (Å²) in [6, 6.07) is 7.09. The smallest absolute Gasteiger partial charge is 0.180 e. The van der Waals surface area contributed by atoms with Crippen molar-refractivity contribution in [2.75, 3.05) is 0 Å². The molecular formula is C12H15ClO2. The van der Waals surface area contributed by atoms with E-state index in [0.717, 1.165) is 0 Å². The van der Waals surface area contributed by atoms with Crippen molar-refractivity contribution >= 4 is 17.4 Å². The largest absolute Gasteiger partial charge is 0.491 e. The standard InChI is InChI=1S/C12H15ClO2/c1-8(2)15-11-6-4-5-10(7-11)12(14)9(3)13/h4-9H,1-3H3. The van der Waals surface area contributed by atoms with Crippen molar-refractivity contribution in [1.82, 2.24) is 0 Å². The molecule has 0 saturated carbocycles. The molecule has 0 N–H and O–H groups in total. The van der Waals surface area contributed by atoms with Gasteiger partial charge in [-0.25, -0.2) is 0 Å². The monoisotopic (exact) mass is 226 g/mol. The second-order valence-electron chi connectivity index (χ2n) is 3.67. The number of ketones is 1. The van der Waals surface area contributed by atoms with Crippen molar-refractivity contribution in [3.8, 4) is 5.75 Å². The number of rotatable bonds is 4. The number of hydrogen-bond acceptors (Lipinski definition) is 2. The van der Waals surface area contributed by atoms with Crippen LogP contribution in [-0.2, 0) is 0 Å². The lowest BCUT2D eigenvalue weighted by Gasteiger charge is -2.10. The van der Waals surface area contributed by atoms with Crippen LogP contribution in [0.3, 0.4) is 0 Å². The molecule has 0 aliphatic heterocycles. The lowest BCUT2D eigenvalue weighted by molar-refractivity contribution is 0.0991. The van der Waals surface area contributed by atoms with E-state index >= 15 is 0 Å². The van der Waals surface area contributed by atoms with Gasteiger partial charge < -0.3 is 4.74 Å². The van der Waals surface area contributed by atoms with Gasteiger partial charge in [0.25, 0.3) is 0 Å². The number of alkyl halides is 1. The van der Waals surface area contributed by atoms with Crippen LogP contribution in [0.5, 0.6) is 5.75 Å². The Hall–Kier alpha value is -1.02. The molecule has 1 aromatic rings. The van der Waals surface area contributed by atoms with E-state index in [1.54, 1.807) is 25.1 Å². The minimum atomic E-state index is -0.501. The summed E-state index contributed by atoms with van der Waals surface area (Å²) in [6.45, 7) is 5.55. The topological polar surface area (TPSA) is 26.3 Å². The maximum Gasteiger partial charge on any atom is 0.180 e. The van der Waals surface area contributed by atoms with Gasteiger partial charge in [0.2, 0.25) is 0 Å². The molecule has 1 unspecified atom stereocenters. The second-order valence-corrected chi connectivity index (χ2v) is 4.33. The Bertz CT molecular complexity index is 345. The third-order valence-electron chi connectivity index (χ3n) is 1.85. The molecule has 82 valence electrons. The van der Waals surface area contributed by atoms with E-state index in [1.165, 1.54) is 0 Å². The highest BCUT2D eigenvalue weighted by Gasteiger charge is 2.12. The Kier molecular flexibility index (Phi) is 4.15. The number of ether oxygens (including phenoxy) is 1. The summed E-state index contributed by atoms with van der Waals surface area (Å²) in [6.07, 6.45) is 0.101. The molecule has 0 saturated heterocycles. The molecule has 1 aromatic carbocycles. The predicted octanol–water partition coefficient (Wildman–Crippen LogP) is 3.28. The molecular weight excluding hydrogens is 212 g/mol. The Morgan fingerprint density at radius 1 is 1.33 bits per heavy atom. The molecule has 0 aliphatic carbocycles. The zero-order valence-electron chi connectivity index (χ0n) is 9.16. The van der Waals surface area contributed by atoms with Gasteiger partial charge in [0.15, 0.2) is 5.78 Å². The van der Waals surface area contributed by atoms with Crippen molar-refractivity contribution in [1.29, 1.82) is 0 Å². The SMILES string of the molecule is CC(C)Oc1cccc(C(=O)C(C)Cl)c1. The molecule has 1 atom stereocenters. The van der Waals surface area contributed by atoms with Gasteiger partial charge in [0, 0.05) is 5.56 Å². The zero-order chi connectivity index (χ0) is 11.4. The first kappa shape index (κ1) is 12.1. The predicted molar refractivity (Wildman–Crippen MR) is 61.9 cm³/mol. The highest BCUT2D eigenvalue weighted by molar-refractivity contribution is 6.33. The minimum Gasteiger partial charge on any atom is -0.491 e. The normalized spacial score (nSPS) is 12.6. The summed E-state index contributed by atoms with van der Waals surface area (Å²) in [4.78, 5) is 11.6. The van der Waals surface area contributed by atoms with Gasteiger partial charge in [0.05, 0.1) is 11.5 Å². The fourth-order valence-corrected chi connectivity index (χ4v) is 1.35. The third kappa shape index (κ3) is 3.56. The van der Waals surface area contributed by atoms with Crippen LogP contribution in [0.25, 0.3) is 0 Å². The van der Waals surface area contributed by atoms with E-state index in [2.05, 4.69) is 0 Å². The summed E-state index contributed by atoms with van der Waals surface area (Å²) in [5, 5.41) is -0.501. The first-order valence-corrected chi connectivity index (χ1v) is 5.39. The molecule has 0 aliphatic rings. The van der Waals surface area contributed by atoms with Gasteiger partial charge in [-0.05, 0) is 32.9 Å². The van der Waals surface area contributed by atoms with Crippen LogP contribution in [0.15, 0.2) is 24.3 Å². The Morgan fingerprint density at radius 2 is 2.00 bits per heavy atom. The quantitative estimate of drug-likeness (QED) is 0.582. The van der Waals surface area contributed by atoms with Crippen molar-refractivity contribution in [3.63, 3.8) is 0 Å². The summed E-state index contributed by atoms with van der Waals surface area (Å²) in [5.41, 5.74) is 0.593. The average Bonchev–Trinajstić information content (AvgIpc) is 2.16. The van der Waals surface area contributed by atoms with Gasteiger partial charge >= 0.3 is 0 Å². The molecule has 3 heteroatoms. The fraction of sp³-hybridized carbons (Fsp3) is 0.417. The minimum absolute atomic E-state index is 0.0779. The van der Waals surface area contributed by atoms with E-state index in [9.17, 15) is 4.79 Å². The van der Waals surface area contributed by atoms with Gasteiger partial charge in [-0.1, -0.05) is 12.1 Å². The summed E-state index contributed by atoms with van der Waals surface area (Å²) >= 11 is 5.73. The maximum atomic E-state index is 11.6. The highest BCUT2D eigenvalue weighted by atomic mass is 35.5. The maximum absolute atomic E-state index is 11.6. The number of benzene rings is 1. The van der Waals surface area contributed by atoms with Crippen molar-refractivity contribution in [2.45, 2.75) is 32.3 Å².